The molecule has 0 N–H and O–H groups in total. The molecule has 1 fully saturated rings. The number of thiocarbonyl (C=S) groups is 1. The molecule has 1 saturated heterocycles. The van der Waals surface area contributed by atoms with E-state index in [9.17, 15) is 0 Å². The van der Waals surface area contributed by atoms with Crippen molar-refractivity contribution in [3.05, 3.63) is 0 Å². The highest BCUT2D eigenvalue weighted by atomic mass is 32.1. The molecule has 1 rings (SSSR count). The van der Waals surface area contributed by atoms with Crippen molar-refractivity contribution in [1.29, 1.82) is 0 Å². The Balaban J connectivity index is 2.84. The molecule has 0 amide bonds. The maximum absolute atomic E-state index is 5.20. The predicted octanol–water partition coefficient (Wildman–Crippen LogP) is 2.00. The Hall–Kier alpha value is -0.150. The maximum Gasteiger partial charge on any atom is 0.105 e. The van der Waals surface area contributed by atoms with Gasteiger partial charge in [0.15, 0.2) is 0 Å². The SMILES string of the molecule is CON1C(=S)CC(C)C1(C)C. The van der Waals surface area contributed by atoms with Gasteiger partial charge in [0, 0.05) is 6.42 Å². The first kappa shape index (κ1) is 8.94. The number of rotatable bonds is 1. The van der Waals surface area contributed by atoms with Crippen LogP contribution in [-0.4, -0.2) is 22.7 Å². The number of hydroxylamine groups is 2. The molecule has 64 valence electrons. The summed E-state index contributed by atoms with van der Waals surface area (Å²) in [5.74, 6) is 0.579. The van der Waals surface area contributed by atoms with Crippen LogP contribution in [0.4, 0.5) is 0 Å². The summed E-state index contributed by atoms with van der Waals surface area (Å²) in [5, 5.41) is 1.84. The van der Waals surface area contributed by atoms with Crippen LogP contribution in [0.3, 0.4) is 0 Å². The molecule has 0 saturated carbocycles. The zero-order chi connectivity index (χ0) is 8.65. The molecule has 11 heavy (non-hydrogen) atoms. The van der Waals surface area contributed by atoms with Crippen molar-refractivity contribution in [3.8, 4) is 0 Å². The van der Waals surface area contributed by atoms with Gasteiger partial charge in [-0.1, -0.05) is 19.1 Å². The third-order valence-electron chi connectivity index (χ3n) is 2.62. The van der Waals surface area contributed by atoms with Crippen molar-refractivity contribution in [2.75, 3.05) is 7.11 Å². The van der Waals surface area contributed by atoms with Crippen LogP contribution in [0.15, 0.2) is 0 Å². The maximum atomic E-state index is 5.20. The Morgan fingerprint density at radius 2 is 2.18 bits per heavy atom. The molecule has 3 heteroatoms. The van der Waals surface area contributed by atoms with Gasteiger partial charge in [-0.25, -0.2) is 5.06 Å². The second-order valence-electron chi connectivity index (χ2n) is 3.63. The van der Waals surface area contributed by atoms with Crippen LogP contribution in [0.2, 0.25) is 0 Å². The lowest BCUT2D eigenvalue weighted by molar-refractivity contribution is -0.127. The highest BCUT2D eigenvalue weighted by Crippen LogP contribution is 2.35. The monoisotopic (exact) mass is 173 g/mol. The van der Waals surface area contributed by atoms with E-state index in [1.807, 2.05) is 5.06 Å². The quantitative estimate of drug-likeness (QED) is 0.563. The van der Waals surface area contributed by atoms with Crippen molar-refractivity contribution >= 4 is 17.2 Å². The largest absolute Gasteiger partial charge is 0.276 e. The van der Waals surface area contributed by atoms with Crippen LogP contribution in [0.1, 0.15) is 27.2 Å². The Morgan fingerprint density at radius 1 is 1.64 bits per heavy atom. The fourth-order valence-corrected chi connectivity index (χ4v) is 2.01. The lowest BCUT2D eigenvalue weighted by Gasteiger charge is -2.33. The van der Waals surface area contributed by atoms with Crippen molar-refractivity contribution in [1.82, 2.24) is 5.06 Å². The summed E-state index contributed by atoms with van der Waals surface area (Å²) in [6.45, 7) is 6.51. The van der Waals surface area contributed by atoms with Crippen molar-refractivity contribution < 1.29 is 4.84 Å². The van der Waals surface area contributed by atoms with Gasteiger partial charge < -0.3 is 0 Å². The minimum Gasteiger partial charge on any atom is -0.276 e. The van der Waals surface area contributed by atoms with E-state index in [4.69, 9.17) is 17.1 Å². The van der Waals surface area contributed by atoms with Crippen LogP contribution >= 0.6 is 12.2 Å². The Morgan fingerprint density at radius 3 is 2.36 bits per heavy atom. The Bertz CT molecular complexity index is 179. The van der Waals surface area contributed by atoms with Gasteiger partial charge in [0.2, 0.25) is 0 Å². The second-order valence-corrected chi connectivity index (χ2v) is 4.10. The van der Waals surface area contributed by atoms with Gasteiger partial charge in [-0.15, -0.1) is 0 Å². The number of nitrogens with zero attached hydrogens (tertiary/aromatic N) is 1. The van der Waals surface area contributed by atoms with Gasteiger partial charge >= 0.3 is 0 Å². The van der Waals surface area contributed by atoms with E-state index in [-0.39, 0.29) is 5.54 Å². The predicted molar refractivity (Wildman–Crippen MR) is 49.3 cm³/mol. The smallest absolute Gasteiger partial charge is 0.105 e. The van der Waals surface area contributed by atoms with E-state index < -0.39 is 0 Å². The molecule has 0 aliphatic carbocycles. The zero-order valence-corrected chi connectivity index (χ0v) is 8.36. The minimum absolute atomic E-state index is 0.0613. The number of hydrogen-bond donors (Lipinski definition) is 0. The average molecular weight is 173 g/mol. The third kappa shape index (κ3) is 1.27. The average Bonchev–Trinajstić information content (AvgIpc) is 2.04. The molecule has 1 aliphatic rings. The van der Waals surface area contributed by atoms with Gasteiger partial charge in [-0.2, -0.15) is 0 Å². The van der Waals surface area contributed by atoms with E-state index in [0.29, 0.717) is 5.92 Å². The first-order valence-electron chi connectivity index (χ1n) is 3.87. The van der Waals surface area contributed by atoms with E-state index in [2.05, 4.69) is 20.8 Å². The van der Waals surface area contributed by atoms with E-state index in [1.165, 1.54) is 0 Å². The molecule has 0 aromatic carbocycles. The lowest BCUT2D eigenvalue weighted by atomic mass is 9.91. The van der Waals surface area contributed by atoms with Gasteiger partial charge in [-0.3, -0.25) is 4.84 Å². The topological polar surface area (TPSA) is 12.5 Å². The minimum atomic E-state index is 0.0613. The highest BCUT2D eigenvalue weighted by Gasteiger charge is 2.41. The van der Waals surface area contributed by atoms with Crippen LogP contribution in [0.5, 0.6) is 0 Å². The fraction of sp³-hybridized carbons (Fsp3) is 0.875. The fourth-order valence-electron chi connectivity index (χ4n) is 1.45. The van der Waals surface area contributed by atoms with Crippen molar-refractivity contribution in [2.24, 2.45) is 5.92 Å². The molecule has 0 aromatic rings. The summed E-state index contributed by atoms with van der Waals surface area (Å²) >= 11 is 5.17. The lowest BCUT2D eigenvalue weighted by Crippen LogP contribution is -2.42. The van der Waals surface area contributed by atoms with Crippen LogP contribution in [0.25, 0.3) is 0 Å². The summed E-state index contributed by atoms with van der Waals surface area (Å²) in [7, 11) is 1.67. The summed E-state index contributed by atoms with van der Waals surface area (Å²) in [6.07, 6.45) is 0.968. The molecule has 1 atom stereocenters. The van der Waals surface area contributed by atoms with Crippen molar-refractivity contribution in [3.63, 3.8) is 0 Å². The molecule has 1 aliphatic heterocycles. The highest BCUT2D eigenvalue weighted by molar-refractivity contribution is 7.80. The summed E-state index contributed by atoms with van der Waals surface area (Å²) in [5.41, 5.74) is 0.0613. The van der Waals surface area contributed by atoms with Crippen LogP contribution in [-0.2, 0) is 4.84 Å². The molecule has 0 aromatic heterocycles. The first-order valence-corrected chi connectivity index (χ1v) is 4.28. The molecule has 1 heterocycles. The van der Waals surface area contributed by atoms with E-state index in [0.717, 1.165) is 11.4 Å². The van der Waals surface area contributed by atoms with E-state index in [1.54, 1.807) is 7.11 Å². The molecule has 2 nitrogen and oxygen atoms in total. The summed E-state index contributed by atoms with van der Waals surface area (Å²) in [4.78, 5) is 6.12. The molecule has 0 bridgehead atoms. The Kier molecular flexibility index (Phi) is 2.21. The molecule has 0 radical (unpaired) electrons. The van der Waals surface area contributed by atoms with Crippen LogP contribution < -0.4 is 0 Å². The van der Waals surface area contributed by atoms with Crippen molar-refractivity contribution in [2.45, 2.75) is 32.7 Å². The summed E-state index contributed by atoms with van der Waals surface area (Å²) < 4.78 is 0. The third-order valence-corrected chi connectivity index (χ3v) is 2.95. The van der Waals surface area contributed by atoms with Crippen LogP contribution in [0, 0.1) is 5.92 Å². The van der Waals surface area contributed by atoms with Gasteiger partial charge in [0.05, 0.1) is 12.6 Å². The van der Waals surface area contributed by atoms with Gasteiger partial charge in [-0.05, 0) is 19.8 Å². The zero-order valence-electron chi connectivity index (χ0n) is 7.55. The molecular weight excluding hydrogens is 158 g/mol. The standard InChI is InChI=1S/C8H15NOS/c1-6-5-7(11)9(10-4)8(6,2)3/h6H,5H2,1-4H3. The number of hydrogen-bond acceptors (Lipinski definition) is 2. The summed E-state index contributed by atoms with van der Waals surface area (Å²) in [6, 6.07) is 0. The molecule has 0 spiro atoms. The molecular formula is C8H15NOS. The first-order chi connectivity index (χ1) is 5.00. The Labute approximate surface area is 73.5 Å². The van der Waals surface area contributed by atoms with E-state index >= 15 is 0 Å². The van der Waals surface area contributed by atoms with Gasteiger partial charge in [0.1, 0.15) is 4.99 Å². The second kappa shape index (κ2) is 2.72. The molecule has 1 unspecified atom stereocenters. The normalized spacial score (nSPS) is 29.6. The van der Waals surface area contributed by atoms with Gasteiger partial charge in [0.25, 0.3) is 0 Å².